The first kappa shape index (κ1) is 9.93. The second-order valence-electron chi connectivity index (χ2n) is 3.83. The minimum atomic E-state index is 0.693. The molecule has 3 nitrogen and oxygen atoms in total. The SMILES string of the molecule is Nc1nc(CCN2CCCCC2)cs1. The maximum absolute atomic E-state index is 5.58. The van der Waals surface area contributed by atoms with E-state index in [0.717, 1.165) is 18.7 Å². The third-order valence-electron chi connectivity index (χ3n) is 2.70. The van der Waals surface area contributed by atoms with Crippen LogP contribution in [0.5, 0.6) is 0 Å². The number of hydrogen-bond acceptors (Lipinski definition) is 4. The third-order valence-corrected chi connectivity index (χ3v) is 3.43. The van der Waals surface area contributed by atoms with E-state index >= 15 is 0 Å². The molecule has 1 aliphatic rings. The lowest BCUT2D eigenvalue weighted by atomic mass is 10.1. The van der Waals surface area contributed by atoms with Crippen LogP contribution < -0.4 is 5.73 Å². The smallest absolute Gasteiger partial charge is 0.180 e. The molecule has 2 N–H and O–H groups in total. The molecule has 1 aliphatic heterocycles. The van der Waals surface area contributed by atoms with Crippen molar-refractivity contribution in [3.8, 4) is 0 Å². The molecular weight excluding hydrogens is 194 g/mol. The quantitative estimate of drug-likeness (QED) is 0.828. The lowest BCUT2D eigenvalue weighted by molar-refractivity contribution is 0.231. The van der Waals surface area contributed by atoms with Crippen molar-refractivity contribution in [2.45, 2.75) is 25.7 Å². The van der Waals surface area contributed by atoms with E-state index in [1.54, 1.807) is 0 Å². The molecule has 1 saturated heterocycles. The van der Waals surface area contributed by atoms with Crippen LogP contribution in [0.2, 0.25) is 0 Å². The Morgan fingerprint density at radius 1 is 1.36 bits per heavy atom. The van der Waals surface area contributed by atoms with Crippen molar-refractivity contribution in [1.82, 2.24) is 9.88 Å². The number of nitrogen functional groups attached to an aromatic ring is 1. The number of nitrogens with zero attached hydrogens (tertiary/aromatic N) is 2. The summed E-state index contributed by atoms with van der Waals surface area (Å²) in [6.07, 6.45) is 5.17. The van der Waals surface area contributed by atoms with Gasteiger partial charge in [-0.25, -0.2) is 4.98 Å². The zero-order chi connectivity index (χ0) is 9.80. The van der Waals surface area contributed by atoms with Crippen molar-refractivity contribution in [3.63, 3.8) is 0 Å². The van der Waals surface area contributed by atoms with Crippen LogP contribution in [0.4, 0.5) is 5.13 Å². The molecular formula is C10H17N3S. The maximum atomic E-state index is 5.58. The summed E-state index contributed by atoms with van der Waals surface area (Å²) in [5.74, 6) is 0. The van der Waals surface area contributed by atoms with E-state index in [0.29, 0.717) is 5.13 Å². The monoisotopic (exact) mass is 211 g/mol. The molecule has 2 heterocycles. The molecule has 1 aromatic rings. The van der Waals surface area contributed by atoms with Crippen LogP contribution in [0.15, 0.2) is 5.38 Å². The van der Waals surface area contributed by atoms with Crippen molar-refractivity contribution in [2.75, 3.05) is 25.4 Å². The molecule has 0 saturated carbocycles. The highest BCUT2D eigenvalue weighted by molar-refractivity contribution is 7.13. The van der Waals surface area contributed by atoms with E-state index in [9.17, 15) is 0 Å². The Morgan fingerprint density at radius 2 is 2.14 bits per heavy atom. The van der Waals surface area contributed by atoms with Crippen molar-refractivity contribution >= 4 is 16.5 Å². The molecule has 1 aromatic heterocycles. The van der Waals surface area contributed by atoms with Crippen LogP contribution in [-0.2, 0) is 6.42 Å². The Hall–Kier alpha value is -0.610. The van der Waals surface area contributed by atoms with Gasteiger partial charge in [0, 0.05) is 18.3 Å². The zero-order valence-corrected chi connectivity index (χ0v) is 9.22. The summed E-state index contributed by atoms with van der Waals surface area (Å²) in [6, 6.07) is 0. The maximum Gasteiger partial charge on any atom is 0.180 e. The zero-order valence-electron chi connectivity index (χ0n) is 8.41. The molecule has 1 fully saturated rings. The lowest BCUT2D eigenvalue weighted by Gasteiger charge is -2.25. The number of rotatable bonds is 3. The molecule has 0 aliphatic carbocycles. The Labute approximate surface area is 88.9 Å². The first-order chi connectivity index (χ1) is 6.84. The van der Waals surface area contributed by atoms with Crippen LogP contribution >= 0.6 is 11.3 Å². The molecule has 0 radical (unpaired) electrons. The second-order valence-corrected chi connectivity index (χ2v) is 4.72. The summed E-state index contributed by atoms with van der Waals surface area (Å²) in [5.41, 5.74) is 6.73. The van der Waals surface area contributed by atoms with Crippen LogP contribution in [0.3, 0.4) is 0 Å². The highest BCUT2D eigenvalue weighted by atomic mass is 32.1. The van der Waals surface area contributed by atoms with Crippen molar-refractivity contribution < 1.29 is 0 Å². The Bertz CT molecular complexity index is 279. The van der Waals surface area contributed by atoms with Gasteiger partial charge in [-0.15, -0.1) is 11.3 Å². The van der Waals surface area contributed by atoms with Gasteiger partial charge in [-0.3, -0.25) is 0 Å². The van der Waals surface area contributed by atoms with E-state index in [1.807, 2.05) is 0 Å². The highest BCUT2D eigenvalue weighted by Crippen LogP contribution is 2.13. The first-order valence-electron chi connectivity index (χ1n) is 5.27. The van der Waals surface area contributed by atoms with Crippen LogP contribution in [0.25, 0.3) is 0 Å². The minimum absolute atomic E-state index is 0.693. The minimum Gasteiger partial charge on any atom is -0.375 e. The van der Waals surface area contributed by atoms with E-state index in [-0.39, 0.29) is 0 Å². The molecule has 0 atom stereocenters. The fraction of sp³-hybridized carbons (Fsp3) is 0.700. The molecule has 78 valence electrons. The number of piperidine rings is 1. The van der Waals surface area contributed by atoms with Gasteiger partial charge >= 0.3 is 0 Å². The summed E-state index contributed by atoms with van der Waals surface area (Å²) < 4.78 is 0. The molecule has 0 unspecified atom stereocenters. The number of aromatic nitrogens is 1. The van der Waals surface area contributed by atoms with Gasteiger partial charge in [0.25, 0.3) is 0 Å². The summed E-state index contributed by atoms with van der Waals surface area (Å²) >= 11 is 1.54. The topological polar surface area (TPSA) is 42.1 Å². The fourth-order valence-electron chi connectivity index (χ4n) is 1.89. The Kier molecular flexibility index (Phi) is 3.37. The summed E-state index contributed by atoms with van der Waals surface area (Å²) in [7, 11) is 0. The van der Waals surface area contributed by atoms with E-state index in [2.05, 4.69) is 15.3 Å². The molecule has 0 aromatic carbocycles. The second kappa shape index (κ2) is 4.75. The van der Waals surface area contributed by atoms with Gasteiger partial charge in [0.15, 0.2) is 5.13 Å². The summed E-state index contributed by atoms with van der Waals surface area (Å²) in [4.78, 5) is 6.79. The fourth-order valence-corrected chi connectivity index (χ4v) is 2.49. The van der Waals surface area contributed by atoms with Crippen LogP contribution in [0, 0.1) is 0 Å². The Morgan fingerprint density at radius 3 is 2.79 bits per heavy atom. The van der Waals surface area contributed by atoms with E-state index < -0.39 is 0 Å². The standard InChI is InChI=1S/C10H17N3S/c11-10-12-9(8-14-10)4-7-13-5-2-1-3-6-13/h8H,1-7H2,(H2,11,12). The van der Waals surface area contributed by atoms with Gasteiger partial charge in [0.2, 0.25) is 0 Å². The highest BCUT2D eigenvalue weighted by Gasteiger charge is 2.10. The predicted molar refractivity (Wildman–Crippen MR) is 60.5 cm³/mol. The van der Waals surface area contributed by atoms with Gasteiger partial charge in [-0.1, -0.05) is 6.42 Å². The van der Waals surface area contributed by atoms with Crippen molar-refractivity contribution in [1.29, 1.82) is 0 Å². The molecule has 2 rings (SSSR count). The number of anilines is 1. The van der Waals surface area contributed by atoms with Crippen molar-refractivity contribution in [3.05, 3.63) is 11.1 Å². The number of nitrogens with two attached hydrogens (primary N) is 1. The number of likely N-dealkylation sites (tertiary alicyclic amines) is 1. The molecule has 14 heavy (non-hydrogen) atoms. The van der Waals surface area contributed by atoms with Crippen LogP contribution in [-0.4, -0.2) is 29.5 Å². The number of hydrogen-bond donors (Lipinski definition) is 1. The first-order valence-corrected chi connectivity index (χ1v) is 6.15. The van der Waals surface area contributed by atoms with Gasteiger partial charge in [-0.05, 0) is 25.9 Å². The van der Waals surface area contributed by atoms with Gasteiger partial charge in [-0.2, -0.15) is 0 Å². The largest absolute Gasteiger partial charge is 0.375 e. The normalized spacial score (nSPS) is 18.6. The molecule has 4 heteroatoms. The predicted octanol–water partition coefficient (Wildman–Crippen LogP) is 1.75. The molecule has 0 amide bonds. The van der Waals surface area contributed by atoms with Gasteiger partial charge in [0.1, 0.15) is 0 Å². The molecule has 0 spiro atoms. The van der Waals surface area contributed by atoms with E-state index in [1.165, 1.54) is 43.7 Å². The van der Waals surface area contributed by atoms with Gasteiger partial charge in [0.05, 0.1) is 5.69 Å². The van der Waals surface area contributed by atoms with E-state index in [4.69, 9.17) is 5.73 Å². The lowest BCUT2D eigenvalue weighted by Crippen LogP contribution is -2.31. The van der Waals surface area contributed by atoms with Crippen LogP contribution in [0.1, 0.15) is 25.0 Å². The number of thiazole rings is 1. The Balaban J connectivity index is 1.76. The molecule has 0 bridgehead atoms. The average Bonchev–Trinajstić information content (AvgIpc) is 2.63. The summed E-state index contributed by atoms with van der Waals surface area (Å²) in [5, 5.41) is 2.76. The van der Waals surface area contributed by atoms with Crippen molar-refractivity contribution in [2.24, 2.45) is 0 Å². The summed E-state index contributed by atoms with van der Waals surface area (Å²) in [6.45, 7) is 3.67. The van der Waals surface area contributed by atoms with Gasteiger partial charge < -0.3 is 10.6 Å². The third kappa shape index (κ3) is 2.69. The average molecular weight is 211 g/mol.